The third kappa shape index (κ3) is 6.49. The minimum absolute atomic E-state index is 0.620. The molecule has 1 atom stereocenters. The number of nitrogens with one attached hydrogen (secondary N) is 1. The Morgan fingerprint density at radius 1 is 1.25 bits per heavy atom. The Labute approximate surface area is 124 Å². The van der Waals surface area contributed by atoms with Crippen LogP contribution in [0.1, 0.15) is 51.8 Å². The lowest BCUT2D eigenvalue weighted by atomic mass is 10.1. The molecule has 0 fully saturated rings. The smallest absolute Gasteiger partial charge is 0.0544 e. The predicted molar refractivity (Wildman–Crippen MR) is 86.6 cm³/mol. The molecule has 0 saturated heterocycles. The van der Waals surface area contributed by atoms with Crippen molar-refractivity contribution in [3.63, 3.8) is 0 Å². The lowest BCUT2D eigenvalue weighted by Gasteiger charge is -2.23. The fourth-order valence-corrected chi connectivity index (χ4v) is 2.21. The van der Waals surface area contributed by atoms with Gasteiger partial charge in [0.2, 0.25) is 0 Å². The van der Waals surface area contributed by atoms with Crippen molar-refractivity contribution in [1.29, 1.82) is 0 Å². The van der Waals surface area contributed by atoms with Gasteiger partial charge in [-0.3, -0.25) is 9.88 Å². The molecule has 0 bridgehead atoms. The molecule has 114 valence electrons. The maximum absolute atomic E-state index is 4.58. The van der Waals surface area contributed by atoms with Crippen molar-refractivity contribution in [3.05, 3.63) is 29.6 Å². The van der Waals surface area contributed by atoms with E-state index in [9.17, 15) is 0 Å². The van der Waals surface area contributed by atoms with E-state index in [1.807, 2.05) is 6.20 Å². The summed E-state index contributed by atoms with van der Waals surface area (Å²) in [6.45, 7) is 11.9. The van der Waals surface area contributed by atoms with Crippen LogP contribution < -0.4 is 5.32 Å². The largest absolute Gasteiger partial charge is 0.312 e. The first-order valence-electron chi connectivity index (χ1n) is 7.87. The molecule has 1 unspecified atom stereocenters. The van der Waals surface area contributed by atoms with Gasteiger partial charge in [-0.25, -0.2) is 0 Å². The second-order valence-corrected chi connectivity index (χ2v) is 6.24. The fourth-order valence-electron chi connectivity index (χ4n) is 2.21. The van der Waals surface area contributed by atoms with Gasteiger partial charge in [-0.05, 0) is 44.5 Å². The van der Waals surface area contributed by atoms with Crippen LogP contribution >= 0.6 is 0 Å². The van der Waals surface area contributed by atoms with Gasteiger partial charge in [0.05, 0.1) is 5.69 Å². The van der Waals surface area contributed by atoms with Crippen LogP contribution in [0, 0.1) is 5.92 Å². The molecule has 0 amide bonds. The Morgan fingerprint density at radius 3 is 2.55 bits per heavy atom. The maximum atomic E-state index is 4.58. The van der Waals surface area contributed by atoms with E-state index in [2.05, 4.69) is 62.1 Å². The minimum Gasteiger partial charge on any atom is -0.312 e. The quantitative estimate of drug-likeness (QED) is 0.749. The summed E-state index contributed by atoms with van der Waals surface area (Å²) in [5, 5.41) is 3.45. The fraction of sp³-hybridized carbons (Fsp3) is 0.706. The highest BCUT2D eigenvalue weighted by molar-refractivity contribution is 5.14. The lowest BCUT2D eigenvalue weighted by molar-refractivity contribution is 0.234. The average Bonchev–Trinajstić information content (AvgIpc) is 2.40. The molecule has 0 aliphatic carbocycles. The van der Waals surface area contributed by atoms with Crippen molar-refractivity contribution in [2.75, 3.05) is 13.6 Å². The molecule has 1 heterocycles. The summed E-state index contributed by atoms with van der Waals surface area (Å²) in [5.41, 5.74) is 2.42. The normalized spacial score (nSPS) is 13.2. The van der Waals surface area contributed by atoms with E-state index in [0.717, 1.165) is 25.3 Å². The van der Waals surface area contributed by atoms with Crippen LogP contribution in [0.4, 0.5) is 0 Å². The summed E-state index contributed by atoms with van der Waals surface area (Å²) >= 11 is 0. The average molecular weight is 277 g/mol. The van der Waals surface area contributed by atoms with Gasteiger partial charge in [0.15, 0.2) is 0 Å². The molecule has 0 aliphatic rings. The summed E-state index contributed by atoms with van der Waals surface area (Å²) in [7, 11) is 2.18. The first kappa shape index (κ1) is 17.1. The van der Waals surface area contributed by atoms with Crippen LogP contribution in [0.5, 0.6) is 0 Å². The van der Waals surface area contributed by atoms with Crippen LogP contribution in [0.2, 0.25) is 0 Å². The van der Waals surface area contributed by atoms with Crippen molar-refractivity contribution < 1.29 is 0 Å². The van der Waals surface area contributed by atoms with Gasteiger partial charge >= 0.3 is 0 Å². The molecular weight excluding hydrogens is 246 g/mol. The third-order valence-electron chi connectivity index (χ3n) is 3.64. The zero-order chi connectivity index (χ0) is 15.0. The Balaban J connectivity index is 2.41. The summed E-state index contributed by atoms with van der Waals surface area (Å²) in [6.07, 6.45) is 4.48. The Bertz CT molecular complexity index is 359. The molecule has 1 aromatic heterocycles. The molecule has 1 aromatic rings. The monoisotopic (exact) mass is 277 g/mol. The number of hydrogen-bond donors (Lipinski definition) is 1. The van der Waals surface area contributed by atoms with Crippen molar-refractivity contribution in [2.24, 2.45) is 5.92 Å². The molecule has 20 heavy (non-hydrogen) atoms. The topological polar surface area (TPSA) is 28.2 Å². The van der Waals surface area contributed by atoms with Crippen LogP contribution in [0.15, 0.2) is 18.3 Å². The number of hydrogen-bond acceptors (Lipinski definition) is 3. The van der Waals surface area contributed by atoms with Gasteiger partial charge in [0, 0.05) is 25.3 Å². The van der Waals surface area contributed by atoms with Crippen molar-refractivity contribution in [1.82, 2.24) is 15.2 Å². The maximum Gasteiger partial charge on any atom is 0.0544 e. The van der Waals surface area contributed by atoms with E-state index in [-0.39, 0.29) is 0 Å². The highest BCUT2D eigenvalue weighted by Crippen LogP contribution is 2.09. The van der Waals surface area contributed by atoms with E-state index in [1.54, 1.807) is 0 Å². The van der Waals surface area contributed by atoms with Crippen molar-refractivity contribution >= 4 is 0 Å². The van der Waals surface area contributed by atoms with E-state index >= 15 is 0 Å². The van der Waals surface area contributed by atoms with E-state index in [0.29, 0.717) is 12.0 Å². The first-order chi connectivity index (χ1) is 9.52. The van der Waals surface area contributed by atoms with Crippen molar-refractivity contribution in [3.8, 4) is 0 Å². The van der Waals surface area contributed by atoms with Gasteiger partial charge in [-0.2, -0.15) is 0 Å². The highest BCUT2D eigenvalue weighted by Gasteiger charge is 2.09. The number of pyridine rings is 1. The van der Waals surface area contributed by atoms with Gasteiger partial charge < -0.3 is 5.32 Å². The number of aromatic nitrogens is 1. The first-order valence-corrected chi connectivity index (χ1v) is 7.87. The zero-order valence-corrected chi connectivity index (χ0v) is 13.8. The standard InChI is InChI=1S/C17H31N3/c1-6-7-15(4)20(5)13-17-9-8-16(12-19-17)11-18-10-14(2)3/h8-9,12,14-15,18H,6-7,10-11,13H2,1-5H3. The Hall–Kier alpha value is -0.930. The van der Waals surface area contributed by atoms with E-state index < -0.39 is 0 Å². The summed E-state index contributed by atoms with van der Waals surface area (Å²) in [6, 6.07) is 4.96. The molecule has 1 N–H and O–H groups in total. The number of nitrogens with zero attached hydrogens (tertiary/aromatic N) is 2. The second-order valence-electron chi connectivity index (χ2n) is 6.24. The van der Waals surface area contributed by atoms with Gasteiger partial charge in [0.25, 0.3) is 0 Å². The molecular formula is C17H31N3. The SMILES string of the molecule is CCCC(C)N(C)Cc1ccc(CNCC(C)C)cn1. The molecule has 3 nitrogen and oxygen atoms in total. The van der Waals surface area contributed by atoms with Crippen LogP contribution in [-0.2, 0) is 13.1 Å². The summed E-state index contributed by atoms with van der Waals surface area (Å²) in [5.74, 6) is 0.691. The van der Waals surface area contributed by atoms with Gasteiger partial charge in [-0.15, -0.1) is 0 Å². The van der Waals surface area contributed by atoms with Crippen LogP contribution in [0.3, 0.4) is 0 Å². The Morgan fingerprint density at radius 2 is 2.00 bits per heavy atom. The predicted octanol–water partition coefficient (Wildman–Crippen LogP) is 3.45. The van der Waals surface area contributed by atoms with Crippen molar-refractivity contribution in [2.45, 2.75) is 59.7 Å². The lowest BCUT2D eigenvalue weighted by Crippen LogP contribution is -2.28. The summed E-state index contributed by atoms with van der Waals surface area (Å²) < 4.78 is 0. The number of rotatable bonds is 9. The molecule has 0 radical (unpaired) electrons. The van der Waals surface area contributed by atoms with E-state index in [1.165, 1.54) is 18.4 Å². The van der Waals surface area contributed by atoms with Crippen LogP contribution in [-0.4, -0.2) is 29.5 Å². The second kappa shape index (κ2) is 9.09. The summed E-state index contributed by atoms with van der Waals surface area (Å²) in [4.78, 5) is 6.95. The molecule has 3 heteroatoms. The van der Waals surface area contributed by atoms with E-state index in [4.69, 9.17) is 0 Å². The molecule has 1 rings (SSSR count). The molecule has 0 saturated carbocycles. The highest BCUT2D eigenvalue weighted by atomic mass is 15.1. The molecule has 0 aliphatic heterocycles. The Kier molecular flexibility index (Phi) is 7.78. The van der Waals surface area contributed by atoms with Gasteiger partial charge in [0.1, 0.15) is 0 Å². The van der Waals surface area contributed by atoms with Gasteiger partial charge in [-0.1, -0.05) is 33.3 Å². The zero-order valence-electron chi connectivity index (χ0n) is 13.8. The molecule has 0 spiro atoms. The molecule has 0 aromatic carbocycles. The third-order valence-corrected chi connectivity index (χ3v) is 3.64. The minimum atomic E-state index is 0.620. The van der Waals surface area contributed by atoms with Crippen LogP contribution in [0.25, 0.3) is 0 Å².